The second kappa shape index (κ2) is 7.70. The Hall–Kier alpha value is -1.00. The second-order valence-corrected chi connectivity index (χ2v) is 5.65. The van der Waals surface area contributed by atoms with Gasteiger partial charge in [-0.2, -0.15) is 0 Å². The van der Waals surface area contributed by atoms with Crippen molar-refractivity contribution in [3.05, 3.63) is 23.8 Å². The van der Waals surface area contributed by atoms with Gasteiger partial charge in [-0.15, -0.1) is 0 Å². The Balaban J connectivity index is 2.01. The van der Waals surface area contributed by atoms with Gasteiger partial charge in [-0.1, -0.05) is 19.8 Å². The summed E-state index contributed by atoms with van der Waals surface area (Å²) in [5.74, 6) is 2.36. The number of nitrogens with zero attached hydrogens (tertiary/aromatic N) is 2. The maximum Gasteiger partial charge on any atom is 0.200 e. The molecule has 0 aromatic carbocycles. The average Bonchev–Trinajstić information content (AvgIpc) is 2.50. The van der Waals surface area contributed by atoms with Gasteiger partial charge in [-0.3, -0.25) is 0 Å². The number of aromatic nitrogens is 2. The summed E-state index contributed by atoms with van der Waals surface area (Å²) in [5, 5.41) is 0. The molecule has 0 bridgehead atoms. The average molecular weight is 278 g/mol. The largest absolute Gasteiger partial charge is 0.350 e. The van der Waals surface area contributed by atoms with E-state index in [0.29, 0.717) is 5.92 Å². The van der Waals surface area contributed by atoms with E-state index in [1.165, 1.54) is 38.5 Å². The molecule has 2 rings (SSSR count). The fraction of sp³-hybridized carbons (Fsp3) is 0.750. The molecule has 4 nitrogen and oxygen atoms in total. The van der Waals surface area contributed by atoms with E-state index in [1.54, 1.807) is 14.2 Å². The number of rotatable bonds is 6. The standard InChI is InChI=1S/C16H26N2O2/c1-4-5-12-6-8-13(9-7-12)15-17-11-10-14(18-15)16(19-2)20-3/h10-13,16H,4-9H2,1-3H3. The molecule has 4 heteroatoms. The van der Waals surface area contributed by atoms with Crippen LogP contribution < -0.4 is 0 Å². The van der Waals surface area contributed by atoms with Crippen molar-refractivity contribution in [3.8, 4) is 0 Å². The Bertz CT molecular complexity index is 399. The monoisotopic (exact) mass is 278 g/mol. The highest BCUT2D eigenvalue weighted by molar-refractivity contribution is 5.08. The minimum absolute atomic E-state index is 0.395. The highest BCUT2D eigenvalue weighted by Crippen LogP contribution is 2.36. The lowest BCUT2D eigenvalue weighted by molar-refractivity contribution is -0.108. The van der Waals surface area contributed by atoms with Crippen LogP contribution in [0, 0.1) is 5.92 Å². The number of ether oxygens (including phenoxy) is 2. The van der Waals surface area contributed by atoms with Crippen molar-refractivity contribution in [2.75, 3.05) is 14.2 Å². The Labute approximate surface area is 121 Å². The molecule has 0 N–H and O–H groups in total. The van der Waals surface area contributed by atoms with Gasteiger partial charge in [0.1, 0.15) is 5.82 Å². The van der Waals surface area contributed by atoms with E-state index in [0.717, 1.165) is 17.4 Å². The van der Waals surface area contributed by atoms with E-state index in [4.69, 9.17) is 9.47 Å². The van der Waals surface area contributed by atoms with Gasteiger partial charge in [0.25, 0.3) is 0 Å². The molecule has 1 aliphatic rings. The Morgan fingerprint density at radius 1 is 1.20 bits per heavy atom. The predicted octanol–water partition coefficient (Wildman–Crippen LogP) is 3.84. The van der Waals surface area contributed by atoms with Crippen LogP contribution in [0.5, 0.6) is 0 Å². The quantitative estimate of drug-likeness (QED) is 0.742. The molecule has 1 saturated carbocycles. The van der Waals surface area contributed by atoms with Crippen LogP contribution in [0.2, 0.25) is 0 Å². The molecule has 0 spiro atoms. The van der Waals surface area contributed by atoms with Gasteiger partial charge in [0.2, 0.25) is 6.29 Å². The van der Waals surface area contributed by atoms with Crippen molar-refractivity contribution in [2.45, 2.75) is 57.7 Å². The molecule has 0 atom stereocenters. The zero-order valence-electron chi connectivity index (χ0n) is 12.8. The van der Waals surface area contributed by atoms with Crippen molar-refractivity contribution in [1.82, 2.24) is 9.97 Å². The predicted molar refractivity (Wildman–Crippen MR) is 78.4 cm³/mol. The van der Waals surface area contributed by atoms with Crippen LogP contribution in [0.3, 0.4) is 0 Å². The lowest BCUT2D eigenvalue weighted by atomic mass is 9.80. The molecule has 0 amide bonds. The van der Waals surface area contributed by atoms with E-state index in [-0.39, 0.29) is 0 Å². The summed E-state index contributed by atoms with van der Waals surface area (Å²) >= 11 is 0. The zero-order chi connectivity index (χ0) is 14.4. The molecule has 1 aromatic rings. The van der Waals surface area contributed by atoms with Crippen LogP contribution in [0.15, 0.2) is 12.3 Å². The summed E-state index contributed by atoms with van der Waals surface area (Å²) in [7, 11) is 3.26. The zero-order valence-corrected chi connectivity index (χ0v) is 12.8. The number of hydrogen-bond acceptors (Lipinski definition) is 4. The van der Waals surface area contributed by atoms with E-state index in [1.807, 2.05) is 12.3 Å². The summed E-state index contributed by atoms with van der Waals surface area (Å²) in [6, 6.07) is 1.86. The van der Waals surface area contributed by atoms with E-state index in [2.05, 4.69) is 16.9 Å². The lowest BCUT2D eigenvalue weighted by Gasteiger charge is -2.27. The summed E-state index contributed by atoms with van der Waals surface area (Å²) in [6.07, 6.45) is 9.12. The molecular formula is C16H26N2O2. The van der Waals surface area contributed by atoms with Crippen LogP contribution in [-0.4, -0.2) is 24.2 Å². The Morgan fingerprint density at radius 2 is 1.90 bits per heavy atom. The molecule has 20 heavy (non-hydrogen) atoms. The summed E-state index contributed by atoms with van der Waals surface area (Å²) in [6.45, 7) is 2.27. The molecule has 0 radical (unpaired) electrons. The molecule has 112 valence electrons. The van der Waals surface area contributed by atoms with Crippen molar-refractivity contribution >= 4 is 0 Å². The van der Waals surface area contributed by atoms with Crippen LogP contribution in [0.4, 0.5) is 0 Å². The van der Waals surface area contributed by atoms with Gasteiger partial charge in [0, 0.05) is 26.3 Å². The van der Waals surface area contributed by atoms with E-state index < -0.39 is 6.29 Å². The third-order valence-corrected chi connectivity index (χ3v) is 4.27. The highest BCUT2D eigenvalue weighted by Gasteiger charge is 2.24. The van der Waals surface area contributed by atoms with Crippen LogP contribution >= 0.6 is 0 Å². The van der Waals surface area contributed by atoms with E-state index >= 15 is 0 Å². The van der Waals surface area contributed by atoms with Crippen molar-refractivity contribution in [3.63, 3.8) is 0 Å². The van der Waals surface area contributed by atoms with Gasteiger partial charge in [0.05, 0.1) is 5.69 Å². The molecule has 0 unspecified atom stereocenters. The third kappa shape index (κ3) is 3.76. The fourth-order valence-corrected chi connectivity index (χ4v) is 3.17. The minimum atomic E-state index is -0.395. The molecule has 1 fully saturated rings. The highest BCUT2D eigenvalue weighted by atomic mass is 16.7. The maximum atomic E-state index is 5.26. The summed E-state index contributed by atoms with van der Waals surface area (Å²) < 4.78 is 10.5. The smallest absolute Gasteiger partial charge is 0.200 e. The van der Waals surface area contributed by atoms with Crippen LogP contribution in [0.25, 0.3) is 0 Å². The maximum absolute atomic E-state index is 5.26. The fourth-order valence-electron chi connectivity index (χ4n) is 3.17. The number of methoxy groups -OCH3 is 2. The second-order valence-electron chi connectivity index (χ2n) is 5.65. The molecule has 1 aliphatic carbocycles. The first-order valence-corrected chi connectivity index (χ1v) is 7.66. The Kier molecular flexibility index (Phi) is 5.92. The molecule has 0 aliphatic heterocycles. The first-order valence-electron chi connectivity index (χ1n) is 7.66. The molecule has 1 aromatic heterocycles. The Morgan fingerprint density at radius 3 is 2.50 bits per heavy atom. The van der Waals surface area contributed by atoms with Crippen molar-refractivity contribution in [2.24, 2.45) is 5.92 Å². The van der Waals surface area contributed by atoms with Gasteiger partial charge < -0.3 is 9.47 Å². The number of hydrogen-bond donors (Lipinski definition) is 0. The topological polar surface area (TPSA) is 44.2 Å². The minimum Gasteiger partial charge on any atom is -0.350 e. The molecule has 1 heterocycles. The third-order valence-electron chi connectivity index (χ3n) is 4.27. The summed E-state index contributed by atoms with van der Waals surface area (Å²) in [4.78, 5) is 9.11. The van der Waals surface area contributed by atoms with Crippen molar-refractivity contribution < 1.29 is 9.47 Å². The molecule has 0 saturated heterocycles. The normalized spacial score (nSPS) is 23.2. The first-order chi connectivity index (χ1) is 9.78. The van der Waals surface area contributed by atoms with Gasteiger partial charge in [0.15, 0.2) is 0 Å². The molecular weight excluding hydrogens is 252 g/mol. The van der Waals surface area contributed by atoms with Gasteiger partial charge in [-0.05, 0) is 37.7 Å². The SMILES string of the molecule is CCCC1CCC(c2nccc(C(OC)OC)n2)CC1. The van der Waals surface area contributed by atoms with Gasteiger partial charge in [-0.25, -0.2) is 9.97 Å². The van der Waals surface area contributed by atoms with Crippen LogP contribution in [-0.2, 0) is 9.47 Å². The lowest BCUT2D eigenvalue weighted by Crippen LogP contribution is -2.16. The summed E-state index contributed by atoms with van der Waals surface area (Å²) in [5.41, 5.74) is 0.815. The van der Waals surface area contributed by atoms with E-state index in [9.17, 15) is 0 Å². The van der Waals surface area contributed by atoms with Crippen molar-refractivity contribution in [1.29, 1.82) is 0 Å². The van der Waals surface area contributed by atoms with Crippen LogP contribution in [0.1, 0.15) is 69.2 Å². The van der Waals surface area contributed by atoms with Gasteiger partial charge >= 0.3 is 0 Å². The first kappa shape index (κ1) is 15.4.